The summed E-state index contributed by atoms with van der Waals surface area (Å²) < 4.78 is 34.1. The number of likely N-dealkylation sites (N-methyl/N-ethyl adjacent to an activating group) is 1. The number of unbranched alkanes of at least 4 members (excludes halogenated alkanes) is 30. The predicted molar refractivity (Wildman–Crippen MR) is 287 cm³/mol. The van der Waals surface area contributed by atoms with Gasteiger partial charge < -0.3 is 27.9 Å². The van der Waals surface area contributed by atoms with Crippen LogP contribution in [0.3, 0.4) is 0 Å². The van der Waals surface area contributed by atoms with Crippen LogP contribution in [0.25, 0.3) is 0 Å². The Morgan fingerprint density at radius 3 is 1.26 bits per heavy atom. The normalized spacial score (nSPS) is 13.7. The van der Waals surface area contributed by atoms with Crippen molar-refractivity contribution in [3.63, 3.8) is 0 Å². The molecule has 0 N–H and O–H groups in total. The molecular formula is C58H108NO8P. The third-order valence-electron chi connectivity index (χ3n) is 12.3. The topological polar surface area (TPSA) is 111 Å². The fourth-order valence-electron chi connectivity index (χ4n) is 7.96. The van der Waals surface area contributed by atoms with Crippen molar-refractivity contribution in [1.29, 1.82) is 0 Å². The Bertz CT molecular complexity index is 1290. The highest BCUT2D eigenvalue weighted by Gasteiger charge is 2.21. The van der Waals surface area contributed by atoms with Crippen LogP contribution in [0.5, 0.6) is 0 Å². The van der Waals surface area contributed by atoms with Gasteiger partial charge in [0.05, 0.1) is 27.7 Å². The molecule has 0 radical (unpaired) electrons. The van der Waals surface area contributed by atoms with Crippen LogP contribution in [0.4, 0.5) is 0 Å². The average Bonchev–Trinajstić information content (AvgIpc) is 3.30. The highest BCUT2D eigenvalue weighted by molar-refractivity contribution is 7.45. The van der Waals surface area contributed by atoms with Crippen LogP contribution in [0, 0.1) is 0 Å². The molecule has 0 aromatic heterocycles. The van der Waals surface area contributed by atoms with Crippen LogP contribution in [0.15, 0.2) is 48.6 Å². The number of ether oxygens (including phenoxy) is 2. The van der Waals surface area contributed by atoms with E-state index in [-0.39, 0.29) is 32.0 Å². The molecule has 0 aliphatic rings. The van der Waals surface area contributed by atoms with Gasteiger partial charge in [-0.2, -0.15) is 0 Å². The Balaban J connectivity index is 4.11. The summed E-state index contributed by atoms with van der Waals surface area (Å²) in [6, 6.07) is 0. The first kappa shape index (κ1) is 66.0. The number of carbonyl (C=O) groups excluding carboxylic acids is 2. The lowest BCUT2D eigenvalue weighted by atomic mass is 10.0. The number of quaternary nitrogens is 1. The predicted octanol–water partition coefficient (Wildman–Crippen LogP) is 16.7. The lowest BCUT2D eigenvalue weighted by Crippen LogP contribution is -2.37. The van der Waals surface area contributed by atoms with Crippen LogP contribution in [-0.2, 0) is 32.7 Å². The lowest BCUT2D eigenvalue weighted by molar-refractivity contribution is -0.870. The van der Waals surface area contributed by atoms with Crippen molar-refractivity contribution >= 4 is 19.8 Å². The van der Waals surface area contributed by atoms with E-state index in [1.165, 1.54) is 161 Å². The molecule has 0 aliphatic heterocycles. The summed E-state index contributed by atoms with van der Waals surface area (Å²) in [6.45, 7) is 4.14. The van der Waals surface area contributed by atoms with Crippen molar-refractivity contribution in [1.82, 2.24) is 0 Å². The van der Waals surface area contributed by atoms with E-state index in [2.05, 4.69) is 62.5 Å². The van der Waals surface area contributed by atoms with Gasteiger partial charge in [0, 0.05) is 12.8 Å². The first-order valence-corrected chi connectivity index (χ1v) is 29.8. The molecule has 0 aliphatic carbocycles. The number of phosphoric ester groups is 1. The molecule has 0 aromatic rings. The fraction of sp³-hybridized carbons (Fsp3) is 0.828. The maximum absolute atomic E-state index is 12.8. The van der Waals surface area contributed by atoms with Crippen LogP contribution >= 0.6 is 7.82 Å². The van der Waals surface area contributed by atoms with Crippen molar-refractivity contribution in [2.45, 2.75) is 264 Å². The van der Waals surface area contributed by atoms with Gasteiger partial charge in [0.1, 0.15) is 19.8 Å². The number of nitrogens with zero attached hydrogens (tertiary/aromatic N) is 1. The van der Waals surface area contributed by atoms with E-state index >= 15 is 0 Å². The first-order valence-electron chi connectivity index (χ1n) is 28.3. The van der Waals surface area contributed by atoms with Gasteiger partial charge in [-0.3, -0.25) is 14.2 Å². The molecule has 0 spiro atoms. The smallest absolute Gasteiger partial charge is 0.306 e. The molecule has 0 amide bonds. The molecule has 68 heavy (non-hydrogen) atoms. The number of phosphoric acid groups is 1. The van der Waals surface area contributed by atoms with Crippen molar-refractivity contribution in [3.8, 4) is 0 Å². The Morgan fingerprint density at radius 2 is 0.838 bits per heavy atom. The van der Waals surface area contributed by atoms with Crippen molar-refractivity contribution in [3.05, 3.63) is 48.6 Å². The van der Waals surface area contributed by atoms with Gasteiger partial charge in [-0.05, 0) is 70.6 Å². The zero-order chi connectivity index (χ0) is 49.9. The highest BCUT2D eigenvalue weighted by Crippen LogP contribution is 2.38. The zero-order valence-corrected chi connectivity index (χ0v) is 45.9. The zero-order valence-electron chi connectivity index (χ0n) is 45.1. The molecule has 0 bridgehead atoms. The SMILES string of the molecule is CC/C=C\C/C=C\C/C=C\CCCCCCCCCC(=O)OC(COC(=O)CCCCCCCCCCCCCCCCC/C=C\CCCCCCCCCC)COP(=O)([O-])OCC[N+](C)(C)C. The van der Waals surface area contributed by atoms with E-state index in [1.807, 2.05) is 21.1 Å². The summed E-state index contributed by atoms with van der Waals surface area (Å²) in [5.41, 5.74) is 0. The van der Waals surface area contributed by atoms with E-state index in [4.69, 9.17) is 18.5 Å². The molecule has 0 rings (SSSR count). The molecule has 0 heterocycles. The summed E-state index contributed by atoms with van der Waals surface area (Å²) in [7, 11) is 1.16. The van der Waals surface area contributed by atoms with E-state index in [1.54, 1.807) is 0 Å². The number of carbonyl (C=O) groups is 2. The Hall–Kier alpha value is -2.03. The largest absolute Gasteiger partial charge is 0.756 e. The number of hydrogen-bond donors (Lipinski definition) is 0. The van der Waals surface area contributed by atoms with E-state index < -0.39 is 26.5 Å². The molecule has 0 aromatic carbocycles. The summed E-state index contributed by atoms with van der Waals surface area (Å²) >= 11 is 0. The number of rotatable bonds is 52. The van der Waals surface area contributed by atoms with E-state index in [9.17, 15) is 19.0 Å². The van der Waals surface area contributed by atoms with Crippen LogP contribution in [0.2, 0.25) is 0 Å². The number of esters is 2. The quantitative estimate of drug-likeness (QED) is 0.0195. The van der Waals surface area contributed by atoms with Crippen molar-refractivity contribution < 1.29 is 42.1 Å². The molecule has 0 saturated heterocycles. The maximum Gasteiger partial charge on any atom is 0.306 e. The lowest BCUT2D eigenvalue weighted by Gasteiger charge is -2.28. The van der Waals surface area contributed by atoms with Gasteiger partial charge in [-0.25, -0.2) is 0 Å². The minimum atomic E-state index is -4.64. The molecule has 0 saturated carbocycles. The van der Waals surface area contributed by atoms with Gasteiger partial charge >= 0.3 is 11.9 Å². The molecule has 398 valence electrons. The summed E-state index contributed by atoms with van der Waals surface area (Å²) in [6.07, 6.45) is 61.6. The van der Waals surface area contributed by atoms with E-state index in [0.29, 0.717) is 17.4 Å². The van der Waals surface area contributed by atoms with E-state index in [0.717, 1.165) is 64.2 Å². The average molecular weight is 978 g/mol. The van der Waals surface area contributed by atoms with Crippen molar-refractivity contribution in [2.24, 2.45) is 0 Å². The standard InChI is InChI=1S/C58H108NO8P/c1-6-8-10-12-14-16-18-20-22-24-25-26-27-28-29-30-31-32-33-35-36-38-40-42-44-46-48-50-57(60)64-54-56(55-66-68(62,63)65-53-52-59(3,4)5)67-58(61)51-49-47-45-43-41-39-37-34-23-21-19-17-15-13-11-9-7-2/h9,11,15,17,21,23-25,56H,6-8,10,12-14,16,18-20,22,26-55H2,1-5H3/b11-9-,17-15-,23-21-,25-24-. The second kappa shape index (κ2) is 49.9. The fourth-order valence-corrected chi connectivity index (χ4v) is 8.69. The summed E-state index contributed by atoms with van der Waals surface area (Å²) in [5.74, 6) is -0.837. The van der Waals surface area contributed by atoms with Gasteiger partial charge in [0.2, 0.25) is 0 Å². The van der Waals surface area contributed by atoms with Crippen LogP contribution in [-0.4, -0.2) is 70.0 Å². The Morgan fingerprint density at radius 1 is 0.471 bits per heavy atom. The maximum atomic E-state index is 12.8. The molecule has 9 nitrogen and oxygen atoms in total. The monoisotopic (exact) mass is 978 g/mol. The third-order valence-corrected chi connectivity index (χ3v) is 13.3. The number of hydrogen-bond acceptors (Lipinski definition) is 8. The third kappa shape index (κ3) is 53.3. The number of allylic oxidation sites excluding steroid dienone is 8. The summed E-state index contributed by atoms with van der Waals surface area (Å²) in [4.78, 5) is 37.8. The highest BCUT2D eigenvalue weighted by atomic mass is 31.2. The van der Waals surface area contributed by atoms with Gasteiger partial charge in [-0.15, -0.1) is 0 Å². The second-order valence-corrected chi connectivity index (χ2v) is 21.7. The Labute approximate surface area is 420 Å². The summed E-state index contributed by atoms with van der Waals surface area (Å²) in [5, 5.41) is 0. The van der Waals surface area contributed by atoms with Crippen LogP contribution < -0.4 is 4.89 Å². The molecular weight excluding hydrogens is 870 g/mol. The van der Waals surface area contributed by atoms with Gasteiger partial charge in [-0.1, -0.05) is 223 Å². The second-order valence-electron chi connectivity index (χ2n) is 20.3. The Kier molecular flexibility index (Phi) is 48.4. The van der Waals surface area contributed by atoms with Crippen LogP contribution in [0.1, 0.15) is 258 Å². The first-order chi connectivity index (χ1) is 33.0. The van der Waals surface area contributed by atoms with Gasteiger partial charge in [0.25, 0.3) is 7.82 Å². The molecule has 10 heteroatoms. The van der Waals surface area contributed by atoms with Gasteiger partial charge in [0.15, 0.2) is 6.10 Å². The minimum Gasteiger partial charge on any atom is -0.756 e. The van der Waals surface area contributed by atoms with Crippen molar-refractivity contribution in [2.75, 3.05) is 47.5 Å². The minimum absolute atomic E-state index is 0.0332. The molecule has 2 atom stereocenters. The molecule has 0 fully saturated rings. The molecule has 2 unspecified atom stereocenters.